The van der Waals surface area contributed by atoms with Gasteiger partial charge in [0.2, 0.25) is 0 Å². The maximum Gasteiger partial charge on any atom is 0.0471 e. The van der Waals surface area contributed by atoms with E-state index in [1.165, 1.54) is 15.6 Å². The minimum atomic E-state index is 0.336. The van der Waals surface area contributed by atoms with Gasteiger partial charge >= 0.3 is 0 Å². The lowest BCUT2D eigenvalue weighted by atomic mass is 10.0. The van der Waals surface area contributed by atoms with Crippen LogP contribution in [0.4, 0.5) is 0 Å². The predicted molar refractivity (Wildman–Crippen MR) is 89.0 cm³/mol. The van der Waals surface area contributed by atoms with Gasteiger partial charge in [-0.25, -0.2) is 0 Å². The molecule has 1 saturated heterocycles. The topological polar surface area (TPSA) is 32.5 Å². The molecule has 0 aromatic heterocycles. The van der Waals surface area contributed by atoms with E-state index < -0.39 is 0 Å². The normalized spacial score (nSPS) is 22.9. The third kappa shape index (κ3) is 3.42. The van der Waals surface area contributed by atoms with Crippen molar-refractivity contribution in [3.63, 3.8) is 0 Å². The third-order valence-corrected chi connectivity index (χ3v) is 5.32. The van der Waals surface area contributed by atoms with Crippen molar-refractivity contribution in [1.29, 1.82) is 0 Å². The smallest absolute Gasteiger partial charge is 0.0471 e. The number of halogens is 1. The highest BCUT2D eigenvalue weighted by molar-refractivity contribution is 9.10. The molecule has 0 spiro atoms. The minimum absolute atomic E-state index is 0.336. The van der Waals surface area contributed by atoms with E-state index in [9.17, 15) is 0 Å². The molecule has 1 heterocycles. The highest BCUT2D eigenvalue weighted by Crippen LogP contribution is 2.26. The third-order valence-electron chi connectivity index (χ3n) is 4.43. The standard InChI is InChI=1S/C16H26BrN3/c1-4-19-7-8-20(11-13(19)3)16(10-18)14-5-6-15(17)12(2)9-14/h5-6,9,13,16H,4,7-8,10-11,18H2,1-3H3. The average molecular weight is 340 g/mol. The van der Waals surface area contributed by atoms with Crippen LogP contribution in [0.25, 0.3) is 0 Å². The van der Waals surface area contributed by atoms with E-state index in [1.54, 1.807) is 0 Å². The summed E-state index contributed by atoms with van der Waals surface area (Å²) in [4.78, 5) is 5.08. The minimum Gasteiger partial charge on any atom is -0.329 e. The number of nitrogens with two attached hydrogens (primary N) is 1. The molecule has 0 saturated carbocycles. The lowest BCUT2D eigenvalue weighted by Crippen LogP contribution is -2.53. The summed E-state index contributed by atoms with van der Waals surface area (Å²) < 4.78 is 1.17. The summed E-state index contributed by atoms with van der Waals surface area (Å²) in [6.07, 6.45) is 0. The second-order valence-electron chi connectivity index (χ2n) is 5.73. The number of aryl methyl sites for hydroxylation is 1. The SMILES string of the molecule is CCN1CCN(C(CN)c2ccc(Br)c(C)c2)CC1C. The Morgan fingerprint density at radius 2 is 2.15 bits per heavy atom. The van der Waals surface area contributed by atoms with Gasteiger partial charge in [0.15, 0.2) is 0 Å². The molecule has 4 heteroatoms. The van der Waals surface area contributed by atoms with E-state index in [0.717, 1.165) is 26.2 Å². The fourth-order valence-electron chi connectivity index (χ4n) is 3.15. The average Bonchev–Trinajstić information content (AvgIpc) is 2.44. The van der Waals surface area contributed by atoms with E-state index in [-0.39, 0.29) is 0 Å². The molecule has 3 nitrogen and oxygen atoms in total. The van der Waals surface area contributed by atoms with Crippen LogP contribution in [0.15, 0.2) is 22.7 Å². The molecule has 0 amide bonds. The van der Waals surface area contributed by atoms with Gasteiger partial charge in [-0.3, -0.25) is 9.80 Å². The summed E-state index contributed by atoms with van der Waals surface area (Å²) in [7, 11) is 0. The molecule has 1 aliphatic rings. The van der Waals surface area contributed by atoms with E-state index in [4.69, 9.17) is 5.73 Å². The number of nitrogens with zero attached hydrogens (tertiary/aromatic N) is 2. The molecule has 2 rings (SSSR count). The molecule has 112 valence electrons. The van der Waals surface area contributed by atoms with Crippen molar-refractivity contribution in [2.45, 2.75) is 32.9 Å². The molecule has 0 bridgehead atoms. The number of rotatable bonds is 4. The zero-order valence-electron chi connectivity index (χ0n) is 12.8. The Balaban J connectivity index is 2.14. The quantitative estimate of drug-likeness (QED) is 0.915. The Labute approximate surface area is 131 Å². The van der Waals surface area contributed by atoms with Gasteiger partial charge in [-0.2, -0.15) is 0 Å². The van der Waals surface area contributed by atoms with Gasteiger partial charge in [0.25, 0.3) is 0 Å². The molecule has 2 N–H and O–H groups in total. The molecule has 0 radical (unpaired) electrons. The Kier molecular flexibility index (Phi) is 5.61. The van der Waals surface area contributed by atoms with Gasteiger partial charge in [-0.1, -0.05) is 35.0 Å². The molecule has 1 aliphatic heterocycles. The van der Waals surface area contributed by atoms with Crippen molar-refractivity contribution < 1.29 is 0 Å². The van der Waals surface area contributed by atoms with Crippen molar-refractivity contribution in [3.8, 4) is 0 Å². The lowest BCUT2D eigenvalue weighted by Gasteiger charge is -2.43. The fourth-order valence-corrected chi connectivity index (χ4v) is 3.39. The Morgan fingerprint density at radius 3 is 2.70 bits per heavy atom. The molecule has 2 atom stereocenters. The van der Waals surface area contributed by atoms with Crippen LogP contribution in [0.3, 0.4) is 0 Å². The van der Waals surface area contributed by atoms with Crippen molar-refractivity contribution in [1.82, 2.24) is 9.80 Å². The molecule has 2 unspecified atom stereocenters. The first-order chi connectivity index (χ1) is 9.56. The summed E-state index contributed by atoms with van der Waals surface area (Å²) in [5.41, 5.74) is 8.69. The van der Waals surface area contributed by atoms with Gasteiger partial charge in [0.1, 0.15) is 0 Å². The molecular weight excluding hydrogens is 314 g/mol. The fraction of sp³-hybridized carbons (Fsp3) is 0.625. The summed E-state index contributed by atoms with van der Waals surface area (Å²) in [5, 5.41) is 0. The Bertz CT molecular complexity index is 449. The molecular formula is C16H26BrN3. The van der Waals surface area contributed by atoms with Crippen LogP contribution in [0.2, 0.25) is 0 Å². The summed E-state index contributed by atoms with van der Waals surface area (Å²) in [6, 6.07) is 7.55. The second-order valence-corrected chi connectivity index (χ2v) is 6.59. The van der Waals surface area contributed by atoms with E-state index >= 15 is 0 Å². The molecule has 1 aromatic carbocycles. The molecule has 20 heavy (non-hydrogen) atoms. The zero-order valence-corrected chi connectivity index (χ0v) is 14.4. The largest absolute Gasteiger partial charge is 0.329 e. The van der Waals surface area contributed by atoms with Gasteiger partial charge in [-0.05, 0) is 37.6 Å². The van der Waals surface area contributed by atoms with E-state index in [0.29, 0.717) is 18.6 Å². The van der Waals surface area contributed by atoms with Crippen LogP contribution in [0.1, 0.15) is 31.0 Å². The van der Waals surface area contributed by atoms with Crippen LogP contribution >= 0.6 is 15.9 Å². The van der Waals surface area contributed by atoms with Crippen molar-refractivity contribution in [2.24, 2.45) is 5.73 Å². The number of benzene rings is 1. The van der Waals surface area contributed by atoms with Gasteiger partial charge in [0, 0.05) is 42.7 Å². The maximum atomic E-state index is 6.07. The Hall–Kier alpha value is -0.420. The zero-order chi connectivity index (χ0) is 14.7. The Morgan fingerprint density at radius 1 is 1.40 bits per heavy atom. The molecule has 0 aliphatic carbocycles. The molecule has 1 aromatic rings. The first-order valence-corrected chi connectivity index (χ1v) is 8.30. The van der Waals surface area contributed by atoms with Crippen LogP contribution in [-0.2, 0) is 0 Å². The maximum absolute atomic E-state index is 6.07. The van der Waals surface area contributed by atoms with Gasteiger partial charge < -0.3 is 5.73 Å². The first-order valence-electron chi connectivity index (χ1n) is 7.51. The highest BCUT2D eigenvalue weighted by Gasteiger charge is 2.27. The highest BCUT2D eigenvalue weighted by atomic mass is 79.9. The van der Waals surface area contributed by atoms with Crippen LogP contribution in [0.5, 0.6) is 0 Å². The summed E-state index contributed by atoms with van der Waals surface area (Å²) >= 11 is 3.57. The summed E-state index contributed by atoms with van der Waals surface area (Å²) in [6.45, 7) is 11.9. The van der Waals surface area contributed by atoms with E-state index in [2.05, 4.69) is 64.7 Å². The lowest BCUT2D eigenvalue weighted by molar-refractivity contribution is 0.0606. The van der Waals surface area contributed by atoms with Crippen LogP contribution in [0, 0.1) is 6.92 Å². The van der Waals surface area contributed by atoms with Crippen LogP contribution < -0.4 is 5.73 Å². The van der Waals surface area contributed by atoms with Gasteiger partial charge in [-0.15, -0.1) is 0 Å². The number of likely N-dealkylation sites (N-methyl/N-ethyl adjacent to an activating group) is 1. The number of hydrogen-bond donors (Lipinski definition) is 1. The van der Waals surface area contributed by atoms with Crippen molar-refractivity contribution in [2.75, 3.05) is 32.7 Å². The second kappa shape index (κ2) is 7.03. The van der Waals surface area contributed by atoms with E-state index in [1.807, 2.05) is 0 Å². The summed E-state index contributed by atoms with van der Waals surface area (Å²) in [5.74, 6) is 0. The van der Waals surface area contributed by atoms with Gasteiger partial charge in [0.05, 0.1) is 0 Å². The number of piperazine rings is 1. The first kappa shape index (κ1) is 16.0. The van der Waals surface area contributed by atoms with Crippen molar-refractivity contribution in [3.05, 3.63) is 33.8 Å². The predicted octanol–water partition coefficient (Wildman–Crippen LogP) is 2.78. The monoisotopic (exact) mass is 339 g/mol. The van der Waals surface area contributed by atoms with Crippen LogP contribution in [-0.4, -0.2) is 48.6 Å². The van der Waals surface area contributed by atoms with Crippen molar-refractivity contribution >= 4 is 15.9 Å². The number of hydrogen-bond acceptors (Lipinski definition) is 3. The molecule has 1 fully saturated rings.